The number of nitrogens with zero attached hydrogens (tertiary/aromatic N) is 1. The molecule has 0 amide bonds. The standard InChI is InChI=1S/C20H21N/c1-2-6-16-13-19(14-16)20(15-21)11-9-18(10-12-20)17-7-4-3-5-8-17/h2-5,7-12,16,18-19H,1,6,13-14H2. The lowest BCUT2D eigenvalue weighted by Crippen LogP contribution is -2.37. The highest BCUT2D eigenvalue weighted by Gasteiger charge is 2.43. The molecule has 0 aliphatic heterocycles. The first-order chi connectivity index (χ1) is 10.3. The van der Waals surface area contributed by atoms with Crippen molar-refractivity contribution in [2.45, 2.75) is 25.2 Å². The van der Waals surface area contributed by atoms with Crippen LogP contribution in [0.15, 0.2) is 67.3 Å². The van der Waals surface area contributed by atoms with Crippen LogP contribution in [0.25, 0.3) is 0 Å². The molecule has 0 spiro atoms. The third kappa shape index (κ3) is 2.59. The summed E-state index contributed by atoms with van der Waals surface area (Å²) < 4.78 is 0. The maximum absolute atomic E-state index is 9.68. The molecule has 1 nitrogen and oxygen atoms in total. The maximum atomic E-state index is 9.68. The van der Waals surface area contributed by atoms with E-state index in [0.29, 0.717) is 11.8 Å². The van der Waals surface area contributed by atoms with Crippen LogP contribution in [-0.2, 0) is 0 Å². The van der Waals surface area contributed by atoms with Gasteiger partial charge in [0.25, 0.3) is 0 Å². The van der Waals surface area contributed by atoms with Gasteiger partial charge in [0.2, 0.25) is 0 Å². The SMILES string of the molecule is C=CCC1CC(C2(C#N)C=CC(c3ccccc3)C=C2)C1. The van der Waals surface area contributed by atoms with Crippen LogP contribution in [0.3, 0.4) is 0 Å². The fraction of sp³-hybridized carbons (Fsp3) is 0.350. The Hall–Kier alpha value is -2.07. The van der Waals surface area contributed by atoms with Crippen LogP contribution in [0.4, 0.5) is 0 Å². The number of rotatable bonds is 4. The molecule has 2 aliphatic carbocycles. The zero-order chi connectivity index (χ0) is 14.7. The molecule has 0 N–H and O–H groups in total. The van der Waals surface area contributed by atoms with Gasteiger partial charge in [-0.05, 0) is 36.7 Å². The molecule has 0 atom stereocenters. The Bertz CT molecular complexity index is 582. The Balaban J connectivity index is 1.72. The molecule has 0 aromatic heterocycles. The van der Waals surface area contributed by atoms with E-state index in [-0.39, 0.29) is 5.41 Å². The number of nitriles is 1. The van der Waals surface area contributed by atoms with Crippen molar-refractivity contribution in [3.8, 4) is 6.07 Å². The third-order valence-electron chi connectivity index (χ3n) is 4.95. The Labute approximate surface area is 127 Å². The lowest BCUT2D eigenvalue weighted by Gasteiger charge is -2.43. The van der Waals surface area contributed by atoms with Crippen molar-refractivity contribution in [3.63, 3.8) is 0 Å². The number of allylic oxidation sites excluding steroid dienone is 5. The summed E-state index contributed by atoms with van der Waals surface area (Å²) in [5.41, 5.74) is 0.901. The second-order valence-corrected chi connectivity index (χ2v) is 6.26. The molecule has 0 unspecified atom stereocenters. The van der Waals surface area contributed by atoms with Crippen molar-refractivity contribution in [1.82, 2.24) is 0 Å². The molecule has 0 radical (unpaired) electrons. The van der Waals surface area contributed by atoms with E-state index >= 15 is 0 Å². The second kappa shape index (κ2) is 5.74. The maximum Gasteiger partial charge on any atom is 0.0962 e. The van der Waals surface area contributed by atoms with Crippen molar-refractivity contribution < 1.29 is 0 Å². The molecule has 1 fully saturated rings. The molecular weight excluding hydrogens is 254 g/mol. The van der Waals surface area contributed by atoms with Crippen LogP contribution in [-0.4, -0.2) is 0 Å². The summed E-state index contributed by atoms with van der Waals surface area (Å²) >= 11 is 0. The Morgan fingerprint density at radius 1 is 1.19 bits per heavy atom. The van der Waals surface area contributed by atoms with E-state index in [0.717, 1.165) is 25.2 Å². The summed E-state index contributed by atoms with van der Waals surface area (Å²) in [7, 11) is 0. The normalized spacial score (nSPS) is 34.0. The van der Waals surface area contributed by atoms with E-state index < -0.39 is 0 Å². The molecule has 1 saturated carbocycles. The molecular formula is C20H21N. The van der Waals surface area contributed by atoms with E-state index in [9.17, 15) is 5.26 Å². The van der Waals surface area contributed by atoms with Gasteiger partial charge in [0, 0.05) is 5.92 Å². The predicted molar refractivity (Wildman–Crippen MR) is 86.5 cm³/mol. The Kier molecular flexibility index (Phi) is 3.80. The largest absolute Gasteiger partial charge is 0.197 e. The molecule has 0 saturated heterocycles. The van der Waals surface area contributed by atoms with E-state index in [1.807, 2.05) is 12.1 Å². The van der Waals surface area contributed by atoms with Crippen molar-refractivity contribution >= 4 is 0 Å². The first-order valence-electron chi connectivity index (χ1n) is 7.73. The fourth-order valence-electron chi connectivity index (χ4n) is 3.53. The summed E-state index contributed by atoms with van der Waals surface area (Å²) in [5, 5.41) is 9.68. The van der Waals surface area contributed by atoms with Gasteiger partial charge in [-0.3, -0.25) is 0 Å². The topological polar surface area (TPSA) is 23.8 Å². The molecule has 21 heavy (non-hydrogen) atoms. The van der Waals surface area contributed by atoms with Gasteiger partial charge < -0.3 is 0 Å². The molecule has 0 heterocycles. The van der Waals surface area contributed by atoms with Crippen molar-refractivity contribution in [1.29, 1.82) is 5.26 Å². The van der Waals surface area contributed by atoms with Crippen LogP contribution in [0, 0.1) is 28.6 Å². The first kappa shape index (κ1) is 13.9. The van der Waals surface area contributed by atoms with Crippen LogP contribution in [0.2, 0.25) is 0 Å². The van der Waals surface area contributed by atoms with Gasteiger partial charge in [0.1, 0.15) is 0 Å². The first-order valence-corrected chi connectivity index (χ1v) is 7.73. The molecule has 1 heteroatoms. The Morgan fingerprint density at radius 3 is 2.43 bits per heavy atom. The number of hydrogen-bond acceptors (Lipinski definition) is 1. The van der Waals surface area contributed by atoms with Crippen LogP contribution < -0.4 is 0 Å². The van der Waals surface area contributed by atoms with Crippen molar-refractivity contribution in [2.75, 3.05) is 0 Å². The molecule has 1 aromatic rings. The summed E-state index contributed by atoms with van der Waals surface area (Å²) in [6.07, 6.45) is 14.0. The minimum atomic E-state index is -0.386. The van der Waals surface area contributed by atoms with E-state index in [2.05, 4.69) is 61.2 Å². The minimum Gasteiger partial charge on any atom is -0.197 e. The summed E-state index contributed by atoms with van der Waals surface area (Å²) in [5.74, 6) is 1.50. The second-order valence-electron chi connectivity index (χ2n) is 6.26. The van der Waals surface area contributed by atoms with E-state index in [1.165, 1.54) is 5.56 Å². The monoisotopic (exact) mass is 275 g/mol. The Morgan fingerprint density at radius 2 is 1.86 bits per heavy atom. The quantitative estimate of drug-likeness (QED) is 0.709. The molecule has 3 rings (SSSR count). The minimum absolute atomic E-state index is 0.303. The highest BCUT2D eigenvalue weighted by Crippen LogP contribution is 2.50. The third-order valence-corrected chi connectivity index (χ3v) is 4.95. The lowest BCUT2D eigenvalue weighted by atomic mass is 9.59. The summed E-state index contributed by atoms with van der Waals surface area (Å²) in [4.78, 5) is 0. The molecule has 1 aromatic carbocycles. The zero-order valence-electron chi connectivity index (χ0n) is 12.3. The van der Waals surface area contributed by atoms with E-state index in [4.69, 9.17) is 0 Å². The van der Waals surface area contributed by atoms with E-state index in [1.54, 1.807) is 0 Å². The van der Waals surface area contributed by atoms with Gasteiger partial charge in [-0.25, -0.2) is 0 Å². The lowest BCUT2D eigenvalue weighted by molar-refractivity contribution is 0.135. The van der Waals surface area contributed by atoms with Gasteiger partial charge >= 0.3 is 0 Å². The van der Waals surface area contributed by atoms with Gasteiger partial charge in [-0.1, -0.05) is 60.7 Å². The van der Waals surface area contributed by atoms with Crippen molar-refractivity contribution in [2.24, 2.45) is 17.3 Å². The molecule has 106 valence electrons. The van der Waals surface area contributed by atoms with Crippen molar-refractivity contribution in [3.05, 3.63) is 72.9 Å². The fourth-order valence-corrected chi connectivity index (χ4v) is 3.53. The highest BCUT2D eigenvalue weighted by atomic mass is 14.5. The highest BCUT2D eigenvalue weighted by molar-refractivity contribution is 5.38. The average Bonchev–Trinajstić information content (AvgIpc) is 2.51. The van der Waals surface area contributed by atoms with Gasteiger partial charge in [-0.2, -0.15) is 5.26 Å². The zero-order valence-corrected chi connectivity index (χ0v) is 12.3. The predicted octanol–water partition coefficient (Wildman–Crippen LogP) is 5.01. The van der Waals surface area contributed by atoms with Crippen LogP contribution >= 0.6 is 0 Å². The van der Waals surface area contributed by atoms with Crippen LogP contribution in [0.1, 0.15) is 30.7 Å². The summed E-state index contributed by atoms with van der Waals surface area (Å²) in [6, 6.07) is 13.0. The number of benzene rings is 1. The van der Waals surface area contributed by atoms with Gasteiger partial charge in [-0.15, -0.1) is 6.58 Å². The smallest absolute Gasteiger partial charge is 0.0962 e. The van der Waals surface area contributed by atoms with Crippen LogP contribution in [0.5, 0.6) is 0 Å². The molecule has 0 bridgehead atoms. The number of hydrogen-bond donors (Lipinski definition) is 0. The summed E-state index contributed by atoms with van der Waals surface area (Å²) in [6.45, 7) is 3.81. The average molecular weight is 275 g/mol. The van der Waals surface area contributed by atoms with Gasteiger partial charge in [0.05, 0.1) is 11.5 Å². The van der Waals surface area contributed by atoms with Gasteiger partial charge in [0.15, 0.2) is 0 Å². The molecule has 2 aliphatic rings.